The molecule has 1 aliphatic heterocycles. The highest BCUT2D eigenvalue weighted by Crippen LogP contribution is 2.24. The lowest BCUT2D eigenvalue weighted by molar-refractivity contribution is -0.122. The zero-order chi connectivity index (χ0) is 14.8. The van der Waals surface area contributed by atoms with Crippen LogP contribution in [0.2, 0.25) is 0 Å². The Morgan fingerprint density at radius 3 is 2.55 bits per heavy atom. The molecule has 1 amide bonds. The lowest BCUT2D eigenvalue weighted by Gasteiger charge is -2.25. The van der Waals surface area contributed by atoms with Crippen LogP contribution in [0.5, 0.6) is 0 Å². The van der Waals surface area contributed by atoms with Gasteiger partial charge in [0.25, 0.3) is 0 Å². The molecule has 0 aromatic heterocycles. The van der Waals surface area contributed by atoms with Gasteiger partial charge in [0, 0.05) is 6.42 Å². The molecule has 1 aliphatic rings. The monoisotopic (exact) mass is 295 g/mol. The first-order valence-corrected chi connectivity index (χ1v) is 8.68. The van der Waals surface area contributed by atoms with Gasteiger partial charge in [-0.1, -0.05) is 37.3 Å². The van der Waals surface area contributed by atoms with Crippen LogP contribution in [-0.4, -0.2) is 31.4 Å². The lowest BCUT2D eigenvalue weighted by atomic mass is 9.96. The zero-order valence-electron chi connectivity index (χ0n) is 11.9. The van der Waals surface area contributed by atoms with E-state index in [0.29, 0.717) is 12.8 Å². The fourth-order valence-electron chi connectivity index (χ4n) is 2.67. The van der Waals surface area contributed by atoms with Gasteiger partial charge in [-0.05, 0) is 24.8 Å². The van der Waals surface area contributed by atoms with Crippen LogP contribution in [0.3, 0.4) is 0 Å². The number of benzene rings is 1. The van der Waals surface area contributed by atoms with Crippen LogP contribution in [0, 0.1) is 0 Å². The van der Waals surface area contributed by atoms with E-state index >= 15 is 0 Å². The van der Waals surface area contributed by atoms with E-state index in [4.69, 9.17) is 0 Å². The largest absolute Gasteiger partial charge is 0.350 e. The van der Waals surface area contributed by atoms with E-state index < -0.39 is 15.4 Å². The summed E-state index contributed by atoms with van der Waals surface area (Å²) in [5.74, 6) is 0.252. The van der Waals surface area contributed by atoms with Gasteiger partial charge >= 0.3 is 0 Å². The highest BCUT2D eigenvalue weighted by atomic mass is 32.2. The topological polar surface area (TPSA) is 63.2 Å². The average molecular weight is 295 g/mol. The summed E-state index contributed by atoms with van der Waals surface area (Å²) in [5, 5.41) is 2.89. The van der Waals surface area contributed by atoms with E-state index in [2.05, 4.69) is 5.32 Å². The number of rotatable bonds is 4. The number of amides is 1. The molecule has 1 fully saturated rings. The van der Waals surface area contributed by atoms with E-state index in [9.17, 15) is 13.2 Å². The Balaban J connectivity index is 1.93. The van der Waals surface area contributed by atoms with Crippen molar-refractivity contribution in [2.45, 2.75) is 38.1 Å². The number of hydrogen-bond acceptors (Lipinski definition) is 3. The second-order valence-corrected chi connectivity index (χ2v) is 8.15. The third-order valence-corrected chi connectivity index (χ3v) is 5.71. The fourth-order valence-corrected chi connectivity index (χ4v) is 4.77. The molecule has 1 aromatic rings. The molecule has 5 heteroatoms. The maximum absolute atomic E-state index is 12.1. The first kappa shape index (κ1) is 15.0. The van der Waals surface area contributed by atoms with Crippen LogP contribution >= 0.6 is 0 Å². The predicted molar refractivity (Wildman–Crippen MR) is 79.3 cm³/mol. The molecule has 1 heterocycles. The molecule has 20 heavy (non-hydrogen) atoms. The van der Waals surface area contributed by atoms with Gasteiger partial charge < -0.3 is 5.32 Å². The Morgan fingerprint density at radius 2 is 2.00 bits per heavy atom. The minimum atomic E-state index is -2.99. The minimum absolute atomic E-state index is 0.0471. The van der Waals surface area contributed by atoms with Gasteiger partial charge in [0.15, 0.2) is 9.84 Å². The summed E-state index contributed by atoms with van der Waals surface area (Å²) in [5.41, 5.74) is 0.513. The van der Waals surface area contributed by atoms with Crippen LogP contribution in [0.25, 0.3) is 0 Å². The van der Waals surface area contributed by atoms with Gasteiger partial charge in [-0.25, -0.2) is 8.42 Å². The van der Waals surface area contributed by atoms with Crippen molar-refractivity contribution in [3.05, 3.63) is 35.9 Å². The van der Waals surface area contributed by atoms with Crippen molar-refractivity contribution in [1.29, 1.82) is 0 Å². The molecule has 1 aromatic carbocycles. The summed E-state index contributed by atoms with van der Waals surface area (Å²) in [7, 11) is -2.99. The molecule has 0 bridgehead atoms. The molecule has 2 rings (SSSR count). The van der Waals surface area contributed by atoms with Crippen LogP contribution < -0.4 is 5.32 Å². The maximum Gasteiger partial charge on any atom is 0.221 e. The van der Waals surface area contributed by atoms with Gasteiger partial charge in [0.05, 0.1) is 17.0 Å². The molecule has 0 aliphatic carbocycles. The quantitative estimate of drug-likeness (QED) is 0.922. The number of sulfone groups is 1. The minimum Gasteiger partial charge on any atom is -0.350 e. The van der Waals surface area contributed by atoms with Crippen LogP contribution in [0.4, 0.5) is 0 Å². The van der Waals surface area contributed by atoms with Gasteiger partial charge in [-0.3, -0.25) is 4.79 Å². The summed E-state index contributed by atoms with van der Waals surface area (Å²) in [6, 6.07) is 9.85. The molecule has 0 radical (unpaired) electrons. The summed E-state index contributed by atoms with van der Waals surface area (Å²) < 4.78 is 23.0. The first-order chi connectivity index (χ1) is 9.30. The van der Waals surface area contributed by atoms with Crippen molar-refractivity contribution < 1.29 is 13.2 Å². The Labute approximate surface area is 120 Å². The summed E-state index contributed by atoms with van der Waals surface area (Å²) >= 11 is 0. The van der Waals surface area contributed by atoms with E-state index in [1.54, 1.807) is 0 Å². The van der Waals surface area contributed by atoms with Crippen LogP contribution in [0.15, 0.2) is 30.3 Å². The molecule has 2 atom stereocenters. The van der Waals surface area contributed by atoms with E-state index in [1.807, 2.05) is 44.2 Å². The molecule has 4 nitrogen and oxygen atoms in total. The summed E-state index contributed by atoms with van der Waals surface area (Å²) in [4.78, 5) is 12.1. The average Bonchev–Trinajstić information content (AvgIpc) is 2.64. The number of hydrogen-bond donors (Lipinski definition) is 1. The van der Waals surface area contributed by atoms with E-state index in [-0.39, 0.29) is 23.3 Å². The molecule has 110 valence electrons. The number of nitrogens with one attached hydrogen (secondary N) is 1. The van der Waals surface area contributed by atoms with E-state index in [1.165, 1.54) is 0 Å². The fraction of sp³-hybridized carbons (Fsp3) is 0.533. The standard InChI is InChI=1S/C15H21NO3S/c1-12(13-6-4-3-5-7-13)10-14(17)16-15(2)8-9-20(18,19)11-15/h3-7,12H,8-11H2,1-2H3,(H,16,17). The Kier molecular flexibility index (Phi) is 4.18. The summed E-state index contributed by atoms with van der Waals surface area (Å²) in [6.45, 7) is 3.81. The maximum atomic E-state index is 12.1. The van der Waals surface area contributed by atoms with Crippen LogP contribution in [-0.2, 0) is 14.6 Å². The smallest absolute Gasteiger partial charge is 0.221 e. The summed E-state index contributed by atoms with van der Waals surface area (Å²) in [6.07, 6.45) is 0.875. The molecule has 1 N–H and O–H groups in total. The van der Waals surface area contributed by atoms with Crippen molar-refractivity contribution in [1.82, 2.24) is 5.32 Å². The second-order valence-electron chi connectivity index (χ2n) is 5.97. The van der Waals surface area contributed by atoms with Crippen molar-refractivity contribution in [3.8, 4) is 0 Å². The molecule has 0 spiro atoms. The highest BCUT2D eigenvalue weighted by molar-refractivity contribution is 7.91. The Morgan fingerprint density at radius 1 is 1.35 bits per heavy atom. The lowest BCUT2D eigenvalue weighted by Crippen LogP contribution is -2.47. The second kappa shape index (κ2) is 5.56. The van der Waals surface area contributed by atoms with Crippen LogP contribution in [0.1, 0.15) is 38.2 Å². The molecule has 1 saturated heterocycles. The SMILES string of the molecule is CC(CC(=O)NC1(C)CCS(=O)(=O)C1)c1ccccc1. The zero-order valence-corrected chi connectivity index (χ0v) is 12.7. The Hall–Kier alpha value is -1.36. The van der Waals surface area contributed by atoms with Gasteiger partial charge in [-0.15, -0.1) is 0 Å². The number of carbonyl (C=O) groups excluding carboxylic acids is 1. The molecule has 0 saturated carbocycles. The van der Waals surface area contributed by atoms with Gasteiger partial charge in [0.2, 0.25) is 5.91 Å². The third-order valence-electron chi connectivity index (χ3n) is 3.80. The van der Waals surface area contributed by atoms with Gasteiger partial charge in [0.1, 0.15) is 0 Å². The Bertz CT molecular complexity index is 582. The van der Waals surface area contributed by atoms with E-state index in [0.717, 1.165) is 5.56 Å². The van der Waals surface area contributed by atoms with Gasteiger partial charge in [-0.2, -0.15) is 0 Å². The number of carbonyl (C=O) groups is 1. The molecule has 2 unspecified atom stereocenters. The third kappa shape index (κ3) is 3.82. The van der Waals surface area contributed by atoms with Crippen molar-refractivity contribution in [2.24, 2.45) is 0 Å². The predicted octanol–water partition coefficient (Wildman–Crippen LogP) is 1.87. The van der Waals surface area contributed by atoms with Crippen molar-refractivity contribution in [2.75, 3.05) is 11.5 Å². The normalized spacial score (nSPS) is 26.1. The van der Waals surface area contributed by atoms with Crippen molar-refractivity contribution >= 4 is 15.7 Å². The first-order valence-electron chi connectivity index (χ1n) is 6.86. The molecular formula is C15H21NO3S. The van der Waals surface area contributed by atoms with Crippen molar-refractivity contribution in [3.63, 3.8) is 0 Å². The highest BCUT2D eigenvalue weighted by Gasteiger charge is 2.39. The molecular weight excluding hydrogens is 274 g/mol.